The van der Waals surface area contributed by atoms with Gasteiger partial charge in [0.15, 0.2) is 0 Å². The first-order chi connectivity index (χ1) is 12.9. The summed E-state index contributed by atoms with van der Waals surface area (Å²) < 4.78 is 2.97. The molecule has 0 atom stereocenters. The van der Waals surface area contributed by atoms with Gasteiger partial charge in [-0.3, -0.25) is 18.7 Å². The summed E-state index contributed by atoms with van der Waals surface area (Å²) in [6.45, 7) is 3.56. The number of fused-ring (bicyclic) bond motifs is 1. The number of carbonyl (C=O) groups excluding carboxylic acids is 2. The number of nitrogens with zero attached hydrogens (tertiary/aromatic N) is 2. The van der Waals surface area contributed by atoms with Crippen molar-refractivity contribution in [3.8, 4) is 0 Å². The number of carbonyl (C=O) groups is 2. The number of amides is 2. The smallest absolute Gasteiger partial charge is 0.326 e. The average Bonchev–Trinajstić information content (AvgIpc) is 2.88. The predicted molar refractivity (Wildman–Crippen MR) is 106 cm³/mol. The third-order valence-corrected chi connectivity index (χ3v) is 4.31. The van der Waals surface area contributed by atoms with Crippen LogP contribution in [0, 0.1) is 5.92 Å². The molecule has 3 aromatic rings. The average molecular weight is 366 g/mol. The Morgan fingerprint density at radius 1 is 0.926 bits per heavy atom. The van der Waals surface area contributed by atoms with Crippen LogP contribution in [0.25, 0.3) is 11.0 Å². The molecule has 2 aromatic carbocycles. The highest BCUT2D eigenvalue weighted by Crippen LogP contribution is 2.15. The van der Waals surface area contributed by atoms with E-state index in [-0.39, 0.29) is 30.0 Å². The molecule has 0 aliphatic heterocycles. The standard InChI is InChI=1S/C20H22N4O3/c1-13(2)19(26)22-15-10-8-14(9-11-15)21-18(25)12-24-17-7-5-4-6-16(17)23(3)20(24)27/h4-11,13H,12H2,1-3H3,(H,21,25)(H,22,26). The molecule has 0 aliphatic carbocycles. The molecule has 0 spiro atoms. The molecule has 1 heterocycles. The largest absolute Gasteiger partial charge is 0.329 e. The van der Waals surface area contributed by atoms with Gasteiger partial charge >= 0.3 is 5.69 Å². The lowest BCUT2D eigenvalue weighted by atomic mass is 10.2. The van der Waals surface area contributed by atoms with Gasteiger partial charge < -0.3 is 10.6 Å². The van der Waals surface area contributed by atoms with Gasteiger partial charge in [0, 0.05) is 24.3 Å². The van der Waals surface area contributed by atoms with Crippen LogP contribution in [0.5, 0.6) is 0 Å². The quantitative estimate of drug-likeness (QED) is 0.728. The van der Waals surface area contributed by atoms with E-state index in [1.807, 2.05) is 38.1 Å². The molecule has 7 nitrogen and oxygen atoms in total. The summed E-state index contributed by atoms with van der Waals surface area (Å²) in [5.41, 5.74) is 2.51. The van der Waals surface area contributed by atoms with Crippen LogP contribution in [0.15, 0.2) is 53.3 Å². The van der Waals surface area contributed by atoms with Crippen LogP contribution in [-0.4, -0.2) is 20.9 Å². The van der Waals surface area contributed by atoms with E-state index >= 15 is 0 Å². The third kappa shape index (κ3) is 3.92. The number of aromatic nitrogens is 2. The van der Waals surface area contributed by atoms with Crippen molar-refractivity contribution in [2.75, 3.05) is 10.6 Å². The minimum absolute atomic E-state index is 0.0675. The lowest BCUT2D eigenvalue weighted by molar-refractivity contribution is -0.119. The first-order valence-corrected chi connectivity index (χ1v) is 8.72. The van der Waals surface area contributed by atoms with Gasteiger partial charge in [-0.1, -0.05) is 26.0 Å². The zero-order valence-electron chi connectivity index (χ0n) is 15.5. The van der Waals surface area contributed by atoms with E-state index in [1.165, 1.54) is 9.13 Å². The number of nitrogens with one attached hydrogen (secondary N) is 2. The molecule has 0 fully saturated rings. The molecular weight excluding hydrogens is 344 g/mol. The molecule has 0 radical (unpaired) electrons. The highest BCUT2D eigenvalue weighted by Gasteiger charge is 2.13. The van der Waals surface area contributed by atoms with Gasteiger partial charge in [-0.15, -0.1) is 0 Å². The Morgan fingerprint density at radius 3 is 2.07 bits per heavy atom. The molecule has 3 rings (SSSR count). The Bertz CT molecular complexity index is 1050. The summed E-state index contributed by atoms with van der Waals surface area (Å²) in [5.74, 6) is -0.474. The van der Waals surface area contributed by atoms with E-state index in [4.69, 9.17) is 0 Å². The number of hydrogen-bond donors (Lipinski definition) is 2. The molecule has 0 saturated heterocycles. The normalized spacial score (nSPS) is 11.0. The lowest BCUT2D eigenvalue weighted by Gasteiger charge is -2.09. The lowest BCUT2D eigenvalue weighted by Crippen LogP contribution is -2.28. The molecular formula is C20H22N4O3. The van der Waals surface area contributed by atoms with Gasteiger partial charge in [0.25, 0.3) is 0 Å². The molecule has 0 bridgehead atoms. The van der Waals surface area contributed by atoms with Gasteiger partial charge in [-0.2, -0.15) is 0 Å². The van der Waals surface area contributed by atoms with Crippen molar-refractivity contribution in [1.29, 1.82) is 0 Å². The second kappa shape index (κ2) is 7.49. The predicted octanol–water partition coefficient (Wildman–Crippen LogP) is 2.57. The van der Waals surface area contributed by atoms with Crippen molar-refractivity contribution >= 4 is 34.2 Å². The Labute approximate surface area is 156 Å². The highest BCUT2D eigenvalue weighted by atomic mass is 16.2. The molecule has 27 heavy (non-hydrogen) atoms. The van der Waals surface area contributed by atoms with Gasteiger partial charge in [0.1, 0.15) is 6.54 Å². The second-order valence-corrected chi connectivity index (χ2v) is 6.69. The molecule has 1 aromatic heterocycles. The second-order valence-electron chi connectivity index (χ2n) is 6.69. The molecule has 0 aliphatic rings. The van der Waals surface area contributed by atoms with E-state index in [0.29, 0.717) is 16.9 Å². The Morgan fingerprint density at radius 2 is 1.48 bits per heavy atom. The molecule has 7 heteroatoms. The van der Waals surface area contributed by atoms with E-state index < -0.39 is 0 Å². The Balaban J connectivity index is 1.71. The third-order valence-electron chi connectivity index (χ3n) is 4.31. The van der Waals surface area contributed by atoms with Crippen LogP contribution in [0.1, 0.15) is 13.8 Å². The van der Waals surface area contributed by atoms with Gasteiger partial charge in [-0.25, -0.2) is 4.79 Å². The first-order valence-electron chi connectivity index (χ1n) is 8.72. The van der Waals surface area contributed by atoms with E-state index in [2.05, 4.69) is 10.6 Å². The molecule has 2 N–H and O–H groups in total. The van der Waals surface area contributed by atoms with Crippen molar-refractivity contribution in [2.24, 2.45) is 13.0 Å². The van der Waals surface area contributed by atoms with Crippen molar-refractivity contribution in [2.45, 2.75) is 20.4 Å². The van der Waals surface area contributed by atoms with E-state index in [0.717, 1.165) is 5.52 Å². The fourth-order valence-corrected chi connectivity index (χ4v) is 2.78. The number of benzene rings is 2. The van der Waals surface area contributed by atoms with Crippen LogP contribution in [0.4, 0.5) is 11.4 Å². The van der Waals surface area contributed by atoms with Crippen LogP contribution in [0.3, 0.4) is 0 Å². The Kier molecular flexibility index (Phi) is 5.12. The van der Waals surface area contributed by atoms with Gasteiger partial charge in [0.05, 0.1) is 11.0 Å². The maximum atomic E-state index is 12.4. The number of rotatable bonds is 5. The summed E-state index contributed by atoms with van der Waals surface area (Å²) in [7, 11) is 1.68. The fraction of sp³-hybridized carbons (Fsp3) is 0.250. The number of imidazole rings is 1. The number of hydrogen-bond acceptors (Lipinski definition) is 3. The van der Waals surface area contributed by atoms with Gasteiger partial charge in [-0.05, 0) is 36.4 Å². The van der Waals surface area contributed by atoms with Crippen LogP contribution in [-0.2, 0) is 23.2 Å². The van der Waals surface area contributed by atoms with Crippen LogP contribution >= 0.6 is 0 Å². The Hall–Kier alpha value is -3.35. The summed E-state index contributed by atoms with van der Waals surface area (Å²) in [6, 6.07) is 14.2. The maximum absolute atomic E-state index is 12.4. The number of para-hydroxylation sites is 2. The monoisotopic (exact) mass is 366 g/mol. The van der Waals surface area contributed by atoms with Crippen LogP contribution < -0.4 is 16.3 Å². The van der Waals surface area contributed by atoms with Crippen molar-refractivity contribution in [3.05, 3.63) is 59.0 Å². The fourth-order valence-electron chi connectivity index (χ4n) is 2.78. The zero-order valence-corrected chi connectivity index (χ0v) is 15.5. The highest BCUT2D eigenvalue weighted by molar-refractivity contribution is 5.94. The summed E-state index contributed by atoms with van der Waals surface area (Å²) >= 11 is 0. The van der Waals surface area contributed by atoms with Crippen molar-refractivity contribution in [3.63, 3.8) is 0 Å². The summed E-state index contributed by atoms with van der Waals surface area (Å²) in [6.07, 6.45) is 0. The van der Waals surface area contributed by atoms with E-state index in [9.17, 15) is 14.4 Å². The molecule has 0 saturated carbocycles. The summed E-state index contributed by atoms with van der Waals surface area (Å²) in [5, 5.41) is 5.57. The van der Waals surface area contributed by atoms with Crippen molar-refractivity contribution < 1.29 is 9.59 Å². The first kappa shape index (κ1) is 18.4. The molecule has 0 unspecified atom stereocenters. The van der Waals surface area contributed by atoms with Gasteiger partial charge in [0.2, 0.25) is 11.8 Å². The minimum atomic E-state index is -0.299. The maximum Gasteiger partial charge on any atom is 0.329 e. The SMILES string of the molecule is CC(C)C(=O)Nc1ccc(NC(=O)Cn2c(=O)n(C)c3ccccc32)cc1. The zero-order chi connectivity index (χ0) is 19.6. The summed E-state index contributed by atoms with van der Waals surface area (Å²) in [4.78, 5) is 36.5. The van der Waals surface area contributed by atoms with Crippen LogP contribution in [0.2, 0.25) is 0 Å². The minimum Gasteiger partial charge on any atom is -0.326 e. The topological polar surface area (TPSA) is 85.1 Å². The molecule has 140 valence electrons. The molecule has 2 amide bonds. The number of aryl methyl sites for hydroxylation is 1. The number of anilines is 2. The van der Waals surface area contributed by atoms with Crippen molar-refractivity contribution in [1.82, 2.24) is 9.13 Å². The van der Waals surface area contributed by atoms with E-state index in [1.54, 1.807) is 31.3 Å².